The van der Waals surface area contributed by atoms with E-state index in [0.717, 1.165) is 31.6 Å². The van der Waals surface area contributed by atoms with Crippen molar-refractivity contribution in [3.63, 3.8) is 0 Å². The first-order chi connectivity index (χ1) is 10.1. The molecular weight excluding hydrogens is 262 g/mol. The van der Waals surface area contributed by atoms with Crippen LogP contribution in [0.4, 0.5) is 0 Å². The van der Waals surface area contributed by atoms with Crippen molar-refractivity contribution in [2.45, 2.75) is 70.4 Å². The third-order valence-corrected chi connectivity index (χ3v) is 5.20. The molecule has 0 spiro atoms. The Morgan fingerprint density at radius 2 is 1.90 bits per heavy atom. The number of carbonyl (C=O) groups is 1. The van der Waals surface area contributed by atoms with Crippen LogP contribution in [-0.2, 0) is 11.2 Å². The fourth-order valence-corrected chi connectivity index (χ4v) is 3.96. The summed E-state index contributed by atoms with van der Waals surface area (Å²) >= 11 is 0. The lowest BCUT2D eigenvalue weighted by Gasteiger charge is -2.37. The van der Waals surface area contributed by atoms with E-state index in [-0.39, 0.29) is 5.54 Å². The first kappa shape index (κ1) is 14.8. The van der Waals surface area contributed by atoms with E-state index in [4.69, 9.17) is 0 Å². The molecule has 4 heteroatoms. The van der Waals surface area contributed by atoms with Gasteiger partial charge in [-0.2, -0.15) is 5.10 Å². The van der Waals surface area contributed by atoms with Crippen LogP contribution in [0.1, 0.15) is 64.1 Å². The summed E-state index contributed by atoms with van der Waals surface area (Å²) in [7, 11) is 0. The molecule has 1 aliphatic heterocycles. The highest BCUT2D eigenvalue weighted by atomic mass is 16.1. The average molecular weight is 289 g/mol. The second-order valence-electron chi connectivity index (χ2n) is 6.91. The van der Waals surface area contributed by atoms with Crippen LogP contribution in [0.25, 0.3) is 0 Å². The molecule has 1 saturated heterocycles. The Kier molecular flexibility index (Phi) is 4.16. The highest BCUT2D eigenvalue weighted by Gasteiger charge is 2.46. The monoisotopic (exact) mass is 289 g/mol. The molecule has 0 unspecified atom stereocenters. The summed E-state index contributed by atoms with van der Waals surface area (Å²) in [5.41, 5.74) is 0.761. The maximum Gasteiger partial charge on any atom is 0.159 e. The van der Waals surface area contributed by atoms with Gasteiger partial charge in [0.25, 0.3) is 0 Å². The zero-order chi connectivity index (χ0) is 14.9. The van der Waals surface area contributed by atoms with Gasteiger partial charge in [-0.05, 0) is 58.7 Å². The Labute approximate surface area is 127 Å². The van der Waals surface area contributed by atoms with E-state index in [1.165, 1.54) is 25.7 Å². The number of ketones is 1. The van der Waals surface area contributed by atoms with E-state index in [1.807, 2.05) is 16.9 Å². The van der Waals surface area contributed by atoms with Gasteiger partial charge >= 0.3 is 0 Å². The highest BCUT2D eigenvalue weighted by molar-refractivity contribution is 5.90. The molecule has 1 aromatic rings. The third-order valence-electron chi connectivity index (χ3n) is 5.20. The maximum atomic E-state index is 13.0. The summed E-state index contributed by atoms with van der Waals surface area (Å²) < 4.78 is 1.94. The molecule has 0 amide bonds. The van der Waals surface area contributed by atoms with Gasteiger partial charge in [0.15, 0.2) is 5.78 Å². The van der Waals surface area contributed by atoms with Gasteiger partial charge in [-0.25, -0.2) is 0 Å². The van der Waals surface area contributed by atoms with Crippen molar-refractivity contribution in [2.75, 3.05) is 13.1 Å². The van der Waals surface area contributed by atoms with E-state index < -0.39 is 0 Å². The molecule has 2 heterocycles. The van der Waals surface area contributed by atoms with Gasteiger partial charge in [-0.1, -0.05) is 12.8 Å². The van der Waals surface area contributed by atoms with Crippen LogP contribution < -0.4 is 0 Å². The molecule has 1 aliphatic carbocycles. The largest absolute Gasteiger partial charge is 0.297 e. The number of carbonyl (C=O) groups excluding carboxylic acids is 1. The molecule has 2 aliphatic rings. The zero-order valence-electron chi connectivity index (χ0n) is 13.3. The minimum atomic E-state index is -0.169. The normalized spacial score (nSPS) is 22.2. The molecule has 2 fully saturated rings. The zero-order valence-corrected chi connectivity index (χ0v) is 13.3. The van der Waals surface area contributed by atoms with Gasteiger partial charge in [0.05, 0.1) is 17.7 Å². The lowest BCUT2D eigenvalue weighted by Crippen LogP contribution is -2.52. The average Bonchev–Trinajstić information content (AvgIpc) is 3.20. The van der Waals surface area contributed by atoms with Crippen LogP contribution in [0.2, 0.25) is 0 Å². The van der Waals surface area contributed by atoms with Crippen LogP contribution in [0.3, 0.4) is 0 Å². The van der Waals surface area contributed by atoms with Gasteiger partial charge in [0.1, 0.15) is 0 Å². The molecule has 3 rings (SSSR count). The molecule has 21 heavy (non-hydrogen) atoms. The SMILES string of the molecule is CC(C)n1ccc(CC(=O)C2(N3CCCC3)CCCC2)n1. The maximum absolute atomic E-state index is 13.0. The van der Waals surface area contributed by atoms with Crippen LogP contribution in [0.15, 0.2) is 12.3 Å². The molecule has 0 aromatic carbocycles. The van der Waals surface area contributed by atoms with Crippen LogP contribution in [0, 0.1) is 0 Å². The Balaban J connectivity index is 1.75. The van der Waals surface area contributed by atoms with E-state index in [0.29, 0.717) is 18.2 Å². The lowest BCUT2D eigenvalue weighted by atomic mass is 9.87. The smallest absolute Gasteiger partial charge is 0.159 e. The van der Waals surface area contributed by atoms with Crippen LogP contribution in [-0.4, -0.2) is 39.1 Å². The first-order valence-corrected chi connectivity index (χ1v) is 8.44. The fraction of sp³-hybridized carbons (Fsp3) is 0.765. The standard InChI is InChI=1S/C17H27N3O/c1-14(2)20-12-7-15(18-20)13-16(21)17(8-3-4-9-17)19-10-5-6-11-19/h7,12,14H,3-6,8-11,13H2,1-2H3. The molecule has 0 atom stereocenters. The van der Waals surface area contributed by atoms with Gasteiger partial charge in [-0.3, -0.25) is 14.4 Å². The molecule has 0 bridgehead atoms. The molecule has 0 N–H and O–H groups in total. The summed E-state index contributed by atoms with van der Waals surface area (Å²) in [4.78, 5) is 15.5. The van der Waals surface area contributed by atoms with Crippen molar-refractivity contribution >= 4 is 5.78 Å². The van der Waals surface area contributed by atoms with Crippen molar-refractivity contribution in [2.24, 2.45) is 0 Å². The Morgan fingerprint density at radius 3 is 2.48 bits per heavy atom. The van der Waals surface area contributed by atoms with Gasteiger partial charge < -0.3 is 0 Å². The van der Waals surface area contributed by atoms with Crippen molar-refractivity contribution in [3.05, 3.63) is 18.0 Å². The van der Waals surface area contributed by atoms with E-state index >= 15 is 0 Å². The van der Waals surface area contributed by atoms with Gasteiger partial charge in [0.2, 0.25) is 0 Å². The highest BCUT2D eigenvalue weighted by Crippen LogP contribution is 2.38. The Bertz CT molecular complexity index is 494. The van der Waals surface area contributed by atoms with E-state index in [9.17, 15) is 4.79 Å². The summed E-state index contributed by atoms with van der Waals surface area (Å²) in [5.74, 6) is 0.399. The summed E-state index contributed by atoms with van der Waals surface area (Å²) in [5, 5.41) is 4.56. The van der Waals surface area contributed by atoms with Gasteiger partial charge in [-0.15, -0.1) is 0 Å². The number of aromatic nitrogens is 2. The molecule has 1 saturated carbocycles. The number of hydrogen-bond donors (Lipinski definition) is 0. The quantitative estimate of drug-likeness (QED) is 0.836. The fourth-order valence-electron chi connectivity index (χ4n) is 3.96. The second-order valence-corrected chi connectivity index (χ2v) is 6.91. The van der Waals surface area contributed by atoms with Crippen molar-refractivity contribution in [1.29, 1.82) is 0 Å². The van der Waals surface area contributed by atoms with Crippen molar-refractivity contribution < 1.29 is 4.79 Å². The predicted molar refractivity (Wildman–Crippen MR) is 83.3 cm³/mol. The minimum absolute atomic E-state index is 0.169. The number of Topliss-reactive ketones (excluding diaryl/α,β-unsaturated/α-hetero) is 1. The van der Waals surface area contributed by atoms with Crippen molar-refractivity contribution in [3.8, 4) is 0 Å². The predicted octanol–water partition coefficient (Wildman–Crippen LogP) is 2.98. The van der Waals surface area contributed by atoms with Crippen molar-refractivity contribution in [1.82, 2.24) is 14.7 Å². The first-order valence-electron chi connectivity index (χ1n) is 8.44. The van der Waals surface area contributed by atoms with E-state index in [2.05, 4.69) is 23.8 Å². The molecule has 116 valence electrons. The van der Waals surface area contributed by atoms with E-state index in [1.54, 1.807) is 0 Å². The summed E-state index contributed by atoms with van der Waals surface area (Å²) in [6.45, 7) is 6.43. The minimum Gasteiger partial charge on any atom is -0.297 e. The number of hydrogen-bond acceptors (Lipinski definition) is 3. The molecule has 1 aromatic heterocycles. The summed E-state index contributed by atoms with van der Waals surface area (Å²) in [6, 6.07) is 2.36. The topological polar surface area (TPSA) is 38.1 Å². The van der Waals surface area contributed by atoms with Crippen LogP contribution in [0.5, 0.6) is 0 Å². The second kappa shape index (κ2) is 5.91. The third kappa shape index (κ3) is 2.78. The number of nitrogens with zero attached hydrogens (tertiary/aromatic N) is 3. The lowest BCUT2D eigenvalue weighted by molar-refractivity contribution is -0.130. The molecular formula is C17H27N3O. The van der Waals surface area contributed by atoms with Gasteiger partial charge in [0, 0.05) is 12.2 Å². The number of likely N-dealkylation sites (tertiary alicyclic amines) is 1. The Hall–Kier alpha value is -1.16. The number of rotatable bonds is 5. The molecule has 0 radical (unpaired) electrons. The molecule has 4 nitrogen and oxygen atoms in total. The summed E-state index contributed by atoms with van der Waals surface area (Å²) in [6.07, 6.45) is 9.48. The Morgan fingerprint density at radius 1 is 1.24 bits per heavy atom. The van der Waals surface area contributed by atoms with Crippen LogP contribution >= 0.6 is 0 Å².